The number of morpholine rings is 1. The van der Waals surface area contributed by atoms with E-state index in [0.717, 1.165) is 81.0 Å². The first-order chi connectivity index (χ1) is 23.5. The van der Waals surface area contributed by atoms with Crippen LogP contribution >= 0.6 is 0 Å². The van der Waals surface area contributed by atoms with Gasteiger partial charge in [-0.1, -0.05) is 68.5 Å². The third-order valence-electron chi connectivity index (χ3n) is 10.1. The van der Waals surface area contributed by atoms with Crippen molar-refractivity contribution in [3.05, 3.63) is 65.2 Å². The summed E-state index contributed by atoms with van der Waals surface area (Å²) in [6, 6.07) is 14.5. The number of fused-ring (bicyclic) bond motifs is 1. The molecule has 1 saturated carbocycles. The standard InChI is InChI=1S/C39H57N3O7/c1-39(2,3)49-38(46)40-33(24-27-9-5-4-6-10-27)34(43)26-30(37(45)41-36-32-12-8-7-11-29(32)25-35(36)44)23-28-13-15-31(16-14-28)48-22-19-42-17-20-47-21-18-42/h7-8,11-16,27,30,33-36,43-44H,4-6,9-10,17-26H2,1-3H3,(H,40,46)(H,41,45)/t30-,33+,34+,35-,36+/m1/s1. The third-order valence-corrected chi connectivity index (χ3v) is 10.1. The minimum absolute atomic E-state index is 0.140. The van der Waals surface area contributed by atoms with Gasteiger partial charge in [-0.25, -0.2) is 4.79 Å². The summed E-state index contributed by atoms with van der Waals surface area (Å²) in [5, 5.41) is 28.8. The highest BCUT2D eigenvalue weighted by molar-refractivity contribution is 5.80. The molecule has 5 atom stereocenters. The molecule has 0 radical (unpaired) electrons. The monoisotopic (exact) mass is 679 g/mol. The Kier molecular flexibility index (Phi) is 13.4. The average Bonchev–Trinajstić information content (AvgIpc) is 3.39. The maximum Gasteiger partial charge on any atom is 0.407 e. The van der Waals surface area contributed by atoms with E-state index in [4.69, 9.17) is 14.2 Å². The maximum absolute atomic E-state index is 14.1. The molecule has 0 bridgehead atoms. The Morgan fingerprint density at radius 1 is 1.02 bits per heavy atom. The molecule has 4 N–H and O–H groups in total. The van der Waals surface area contributed by atoms with E-state index in [9.17, 15) is 19.8 Å². The van der Waals surface area contributed by atoms with E-state index in [1.54, 1.807) is 0 Å². The number of nitrogens with one attached hydrogen (secondary N) is 2. The Hall–Kier alpha value is -3.18. The lowest BCUT2D eigenvalue weighted by atomic mass is 9.82. The van der Waals surface area contributed by atoms with Crippen molar-refractivity contribution in [1.29, 1.82) is 0 Å². The van der Waals surface area contributed by atoms with E-state index in [-0.39, 0.29) is 12.3 Å². The molecule has 1 heterocycles. The van der Waals surface area contributed by atoms with Gasteiger partial charge in [-0.3, -0.25) is 9.69 Å². The maximum atomic E-state index is 14.1. The fourth-order valence-corrected chi connectivity index (χ4v) is 7.43. The molecular weight excluding hydrogens is 622 g/mol. The van der Waals surface area contributed by atoms with Crippen LogP contribution in [0.1, 0.15) is 88.4 Å². The molecule has 1 saturated heterocycles. The fourth-order valence-electron chi connectivity index (χ4n) is 7.43. The minimum atomic E-state index is -0.978. The molecule has 2 aromatic rings. The number of aliphatic hydroxyl groups is 2. The van der Waals surface area contributed by atoms with Crippen LogP contribution in [0.2, 0.25) is 0 Å². The first-order valence-electron chi connectivity index (χ1n) is 18.3. The molecule has 3 aliphatic rings. The number of aliphatic hydroxyl groups excluding tert-OH is 2. The predicted molar refractivity (Wildman–Crippen MR) is 188 cm³/mol. The van der Waals surface area contributed by atoms with Crippen LogP contribution in [0, 0.1) is 11.8 Å². The molecule has 2 aromatic carbocycles. The van der Waals surface area contributed by atoms with Crippen LogP contribution < -0.4 is 15.4 Å². The average molecular weight is 680 g/mol. The van der Waals surface area contributed by atoms with Crippen LogP contribution in [0.15, 0.2) is 48.5 Å². The van der Waals surface area contributed by atoms with Crippen molar-refractivity contribution in [3.63, 3.8) is 0 Å². The Morgan fingerprint density at radius 3 is 2.45 bits per heavy atom. The zero-order valence-electron chi connectivity index (χ0n) is 29.6. The number of hydrogen-bond donors (Lipinski definition) is 4. The van der Waals surface area contributed by atoms with Crippen LogP contribution in [-0.4, -0.2) is 90.4 Å². The van der Waals surface area contributed by atoms with E-state index in [2.05, 4.69) is 15.5 Å². The molecule has 10 nitrogen and oxygen atoms in total. The van der Waals surface area contributed by atoms with Crippen LogP contribution in [0.4, 0.5) is 4.79 Å². The van der Waals surface area contributed by atoms with Gasteiger partial charge in [-0.15, -0.1) is 0 Å². The van der Waals surface area contributed by atoms with Crippen molar-refractivity contribution in [3.8, 4) is 5.75 Å². The number of carbonyl (C=O) groups excluding carboxylic acids is 2. The normalized spacial score (nSPS) is 22.1. The summed E-state index contributed by atoms with van der Waals surface area (Å²) in [6.07, 6.45) is 4.96. The lowest BCUT2D eigenvalue weighted by Crippen LogP contribution is -2.48. The molecule has 0 unspecified atom stereocenters. The second-order valence-corrected chi connectivity index (χ2v) is 15.1. The second kappa shape index (κ2) is 17.7. The quantitative estimate of drug-likeness (QED) is 0.221. The molecule has 1 aliphatic heterocycles. The highest BCUT2D eigenvalue weighted by Crippen LogP contribution is 2.33. The summed E-state index contributed by atoms with van der Waals surface area (Å²) in [5.74, 6) is 0.297. The van der Waals surface area contributed by atoms with Crippen molar-refractivity contribution in [2.24, 2.45) is 11.8 Å². The number of alkyl carbamates (subject to hydrolysis) is 1. The van der Waals surface area contributed by atoms with Crippen molar-refractivity contribution in [2.75, 3.05) is 39.5 Å². The first kappa shape index (κ1) is 37.1. The topological polar surface area (TPSA) is 130 Å². The first-order valence-corrected chi connectivity index (χ1v) is 18.3. The Bertz CT molecular complexity index is 1330. The van der Waals surface area contributed by atoms with Crippen LogP contribution in [0.3, 0.4) is 0 Å². The van der Waals surface area contributed by atoms with Gasteiger partial charge >= 0.3 is 6.09 Å². The van der Waals surface area contributed by atoms with Crippen molar-refractivity contribution >= 4 is 12.0 Å². The second-order valence-electron chi connectivity index (χ2n) is 15.1. The summed E-state index contributed by atoms with van der Waals surface area (Å²) < 4.78 is 17.0. The van der Waals surface area contributed by atoms with E-state index in [1.165, 1.54) is 6.42 Å². The SMILES string of the molecule is CC(C)(C)OC(=O)N[C@@H](CC1CCCCC1)[C@@H](O)C[C@@H](Cc1ccc(OCCN2CCOCC2)cc1)C(=O)N[C@H]1c2ccccc2C[C@H]1O. The zero-order chi connectivity index (χ0) is 34.8. The van der Waals surface area contributed by atoms with Gasteiger partial charge in [0.25, 0.3) is 0 Å². The molecule has 2 amide bonds. The van der Waals surface area contributed by atoms with Crippen LogP contribution in [0.25, 0.3) is 0 Å². The summed E-state index contributed by atoms with van der Waals surface area (Å²) in [4.78, 5) is 29.4. The Morgan fingerprint density at radius 2 is 1.73 bits per heavy atom. The number of amides is 2. The molecule has 5 rings (SSSR count). The highest BCUT2D eigenvalue weighted by atomic mass is 16.6. The van der Waals surface area contributed by atoms with Gasteiger partial charge in [0.1, 0.15) is 18.0 Å². The number of nitrogens with zero attached hydrogens (tertiary/aromatic N) is 1. The van der Waals surface area contributed by atoms with Gasteiger partial charge in [0.05, 0.1) is 37.5 Å². The summed E-state index contributed by atoms with van der Waals surface area (Å²) in [5.41, 5.74) is 2.20. The lowest BCUT2D eigenvalue weighted by Gasteiger charge is -2.32. The van der Waals surface area contributed by atoms with Gasteiger partial charge in [0.2, 0.25) is 5.91 Å². The van der Waals surface area contributed by atoms with E-state index in [1.807, 2.05) is 69.3 Å². The van der Waals surface area contributed by atoms with E-state index >= 15 is 0 Å². The summed E-state index contributed by atoms with van der Waals surface area (Å²) in [6.45, 7) is 10.2. The third kappa shape index (κ3) is 11.4. The Balaban J connectivity index is 1.29. The van der Waals surface area contributed by atoms with Gasteiger partial charge in [0, 0.05) is 32.0 Å². The van der Waals surface area contributed by atoms with Gasteiger partial charge in [0.15, 0.2) is 0 Å². The summed E-state index contributed by atoms with van der Waals surface area (Å²) in [7, 11) is 0. The molecule has 0 aromatic heterocycles. The number of rotatable bonds is 14. The van der Waals surface area contributed by atoms with Crippen molar-refractivity contribution < 1.29 is 34.0 Å². The van der Waals surface area contributed by atoms with Crippen molar-refractivity contribution in [1.82, 2.24) is 15.5 Å². The van der Waals surface area contributed by atoms with Gasteiger partial charge in [-0.2, -0.15) is 0 Å². The smallest absolute Gasteiger partial charge is 0.407 e. The minimum Gasteiger partial charge on any atom is -0.492 e. The van der Waals surface area contributed by atoms with Crippen LogP contribution in [-0.2, 0) is 27.1 Å². The Labute approximate surface area is 291 Å². The lowest BCUT2D eigenvalue weighted by molar-refractivity contribution is -0.127. The number of carbonyl (C=O) groups is 2. The van der Waals surface area contributed by atoms with E-state index in [0.29, 0.717) is 31.8 Å². The molecule has 0 spiro atoms. The zero-order valence-corrected chi connectivity index (χ0v) is 29.6. The van der Waals surface area contributed by atoms with Gasteiger partial charge < -0.3 is 35.1 Å². The number of benzene rings is 2. The number of hydrogen-bond acceptors (Lipinski definition) is 8. The molecule has 270 valence electrons. The molecular formula is C39H57N3O7. The molecule has 2 aliphatic carbocycles. The van der Waals surface area contributed by atoms with Gasteiger partial charge in [-0.05, 0) is 74.8 Å². The molecule has 2 fully saturated rings. The summed E-state index contributed by atoms with van der Waals surface area (Å²) >= 11 is 0. The largest absolute Gasteiger partial charge is 0.492 e. The molecule has 10 heteroatoms. The molecule has 49 heavy (non-hydrogen) atoms. The fraction of sp³-hybridized carbons (Fsp3) is 0.641. The van der Waals surface area contributed by atoms with E-state index < -0.39 is 41.9 Å². The van der Waals surface area contributed by atoms with Crippen molar-refractivity contribution in [2.45, 2.75) is 108 Å². The predicted octanol–water partition coefficient (Wildman–Crippen LogP) is 4.95. The number of ether oxygens (including phenoxy) is 3. The van der Waals surface area contributed by atoms with Crippen LogP contribution in [0.5, 0.6) is 5.75 Å². The highest BCUT2D eigenvalue weighted by Gasteiger charge is 2.36.